The second-order valence-corrected chi connectivity index (χ2v) is 11.0. The van der Waals surface area contributed by atoms with Crippen LogP contribution in [0.15, 0.2) is 76.6 Å². The molecule has 38 heavy (non-hydrogen) atoms. The van der Waals surface area contributed by atoms with E-state index in [1.807, 2.05) is 48.5 Å². The van der Waals surface area contributed by atoms with Gasteiger partial charge in [0.05, 0.1) is 39.1 Å². The molecule has 0 fully saturated rings. The number of carbonyl (C=O) groups is 1. The van der Waals surface area contributed by atoms with Gasteiger partial charge in [0.25, 0.3) is 0 Å². The van der Waals surface area contributed by atoms with Gasteiger partial charge in [-0.05, 0) is 88.6 Å². The predicted octanol–water partition coefficient (Wildman–Crippen LogP) is 5.04. The molecule has 0 heterocycles. The maximum atomic E-state index is 12.8. The van der Waals surface area contributed by atoms with Crippen LogP contribution in [0.4, 0.5) is 22.7 Å². The number of hydrogen-bond donors (Lipinski definition) is 4. The Hall–Kier alpha value is -3.62. The van der Waals surface area contributed by atoms with Crippen LogP contribution in [0.5, 0.6) is 0 Å². The van der Waals surface area contributed by atoms with E-state index in [0.29, 0.717) is 17.1 Å². The van der Waals surface area contributed by atoms with Crippen molar-refractivity contribution in [1.29, 1.82) is 0 Å². The molecule has 0 amide bonds. The smallest absolute Gasteiger partial charge is 0.208 e. The van der Waals surface area contributed by atoms with Crippen molar-refractivity contribution in [2.75, 3.05) is 77.4 Å². The van der Waals surface area contributed by atoms with Crippen LogP contribution in [0, 0.1) is 0 Å². The van der Waals surface area contributed by atoms with Crippen LogP contribution in [0.25, 0.3) is 0 Å². The number of aliphatic hydroxyl groups is 1. The topological polar surface area (TPSA) is 89.0 Å². The molecule has 0 bridgehead atoms. The van der Waals surface area contributed by atoms with Gasteiger partial charge in [0.2, 0.25) is 5.78 Å². The molecule has 4 N–H and O–H groups in total. The highest BCUT2D eigenvalue weighted by Gasteiger charge is 2.24. The Morgan fingerprint density at radius 3 is 2.00 bits per heavy atom. The minimum atomic E-state index is -0.249. The molecule has 8 heteroatoms. The highest BCUT2D eigenvalue weighted by molar-refractivity contribution is 6.24. The van der Waals surface area contributed by atoms with Crippen molar-refractivity contribution in [1.82, 2.24) is 4.90 Å². The Balaban J connectivity index is 1.64. The highest BCUT2D eigenvalue weighted by Crippen LogP contribution is 2.24. The summed E-state index contributed by atoms with van der Waals surface area (Å²) >= 11 is 0. The molecule has 3 rings (SSSR count). The van der Waals surface area contributed by atoms with Gasteiger partial charge in [0, 0.05) is 42.1 Å². The number of hydrogen-bond acceptors (Lipinski definition) is 7. The van der Waals surface area contributed by atoms with Crippen LogP contribution >= 0.6 is 0 Å². The molecule has 0 radical (unpaired) electrons. The molecular formula is C30H43N6O2+. The van der Waals surface area contributed by atoms with Crippen LogP contribution < -0.4 is 16.0 Å². The van der Waals surface area contributed by atoms with Gasteiger partial charge < -0.3 is 30.4 Å². The monoisotopic (exact) mass is 519 g/mol. The standard InChI is InChI=1S/C30H42N6O2/c1-22-29(37)27(33-25-13-9-23(10-14-25)31-17-7-19-35(2)3)21-28(30(22)38)34-26-15-11-24(12-16-26)32-18-8-20-36(4,5)6/h9-16,21H,7-8,17-20H2,1-6H3,(H3-,31,32,33,34,37,38)/p+1. The van der Waals surface area contributed by atoms with Crippen LogP contribution in [0.1, 0.15) is 19.8 Å². The van der Waals surface area contributed by atoms with Crippen molar-refractivity contribution in [3.63, 3.8) is 0 Å². The summed E-state index contributed by atoms with van der Waals surface area (Å²) in [6.45, 7) is 5.55. The summed E-state index contributed by atoms with van der Waals surface area (Å²) < 4.78 is 0.947. The zero-order chi connectivity index (χ0) is 27.7. The quantitative estimate of drug-likeness (QED) is 0.168. The lowest BCUT2D eigenvalue weighted by atomic mass is 9.99. The number of nitrogens with zero attached hydrogens (tertiary/aromatic N) is 3. The van der Waals surface area contributed by atoms with E-state index in [2.05, 4.69) is 61.1 Å². The molecule has 0 spiro atoms. The molecule has 1 aliphatic carbocycles. The molecule has 0 atom stereocenters. The Bertz CT molecular complexity index is 1170. The maximum Gasteiger partial charge on any atom is 0.208 e. The van der Waals surface area contributed by atoms with E-state index in [1.54, 1.807) is 13.0 Å². The summed E-state index contributed by atoms with van der Waals surface area (Å²) in [6, 6.07) is 15.6. The number of quaternary nitrogens is 1. The second kappa shape index (κ2) is 13.3. The largest absolute Gasteiger partial charge is 0.505 e. The zero-order valence-corrected chi connectivity index (χ0v) is 23.6. The fraction of sp³-hybridized carbons (Fsp3) is 0.400. The average Bonchev–Trinajstić information content (AvgIpc) is 2.87. The van der Waals surface area contributed by atoms with Gasteiger partial charge in [0.1, 0.15) is 11.5 Å². The second-order valence-electron chi connectivity index (χ2n) is 11.0. The van der Waals surface area contributed by atoms with Crippen molar-refractivity contribution in [3.8, 4) is 0 Å². The van der Waals surface area contributed by atoms with Crippen molar-refractivity contribution < 1.29 is 14.4 Å². The first-order valence-corrected chi connectivity index (χ1v) is 13.2. The van der Waals surface area contributed by atoms with E-state index >= 15 is 0 Å². The third-order valence-corrected chi connectivity index (χ3v) is 6.19. The third kappa shape index (κ3) is 9.04. The first-order valence-electron chi connectivity index (χ1n) is 13.2. The number of ketones is 1. The molecule has 0 saturated carbocycles. The molecule has 8 nitrogen and oxygen atoms in total. The molecule has 1 aliphatic rings. The molecule has 0 saturated heterocycles. The van der Waals surface area contributed by atoms with Gasteiger partial charge in [-0.3, -0.25) is 4.79 Å². The number of aliphatic hydroxyl groups excluding tert-OH is 1. The summed E-state index contributed by atoms with van der Waals surface area (Å²) in [4.78, 5) is 19.6. The molecular weight excluding hydrogens is 476 g/mol. The number of rotatable bonds is 13. The minimum Gasteiger partial charge on any atom is -0.505 e. The lowest BCUT2D eigenvalue weighted by molar-refractivity contribution is -0.870. The molecule has 204 valence electrons. The fourth-order valence-electron chi connectivity index (χ4n) is 3.98. The van der Waals surface area contributed by atoms with E-state index in [1.165, 1.54) is 0 Å². The average molecular weight is 520 g/mol. The first kappa shape index (κ1) is 28.9. The predicted molar refractivity (Wildman–Crippen MR) is 160 cm³/mol. The van der Waals surface area contributed by atoms with Crippen LogP contribution in [-0.2, 0) is 4.79 Å². The number of nitrogens with one attached hydrogen (secondary N) is 3. The molecule has 0 aliphatic heterocycles. The normalized spacial score (nSPS) is 15.2. The van der Waals surface area contributed by atoms with E-state index < -0.39 is 0 Å². The summed E-state index contributed by atoms with van der Waals surface area (Å²) in [5.41, 5.74) is 4.54. The van der Waals surface area contributed by atoms with E-state index in [0.717, 1.165) is 60.6 Å². The van der Waals surface area contributed by atoms with Gasteiger partial charge in [-0.25, -0.2) is 4.99 Å². The van der Waals surface area contributed by atoms with E-state index in [-0.39, 0.29) is 17.1 Å². The van der Waals surface area contributed by atoms with Crippen LogP contribution in [-0.4, -0.2) is 87.4 Å². The Morgan fingerprint density at radius 1 is 0.868 bits per heavy atom. The first-order chi connectivity index (χ1) is 18.0. The van der Waals surface area contributed by atoms with Crippen molar-refractivity contribution in [2.24, 2.45) is 4.99 Å². The number of benzene rings is 2. The molecule has 2 aromatic rings. The lowest BCUT2D eigenvalue weighted by Crippen LogP contribution is -2.36. The summed E-state index contributed by atoms with van der Waals surface area (Å²) in [7, 11) is 10.7. The lowest BCUT2D eigenvalue weighted by Gasteiger charge is -2.23. The molecule has 0 unspecified atom stereocenters. The van der Waals surface area contributed by atoms with Gasteiger partial charge in [-0.2, -0.15) is 0 Å². The number of anilines is 3. The number of Topliss-reactive ketones (excluding diaryl/α,β-unsaturated/α-hetero) is 1. The molecule has 2 aromatic carbocycles. The third-order valence-electron chi connectivity index (χ3n) is 6.19. The Kier molecular flexibility index (Phi) is 10.1. The van der Waals surface area contributed by atoms with Gasteiger partial charge in [-0.1, -0.05) is 0 Å². The van der Waals surface area contributed by atoms with E-state index in [9.17, 15) is 9.90 Å². The fourth-order valence-corrected chi connectivity index (χ4v) is 3.98. The Morgan fingerprint density at radius 2 is 1.42 bits per heavy atom. The van der Waals surface area contributed by atoms with E-state index in [4.69, 9.17) is 0 Å². The van der Waals surface area contributed by atoms with Crippen molar-refractivity contribution in [3.05, 3.63) is 71.6 Å². The highest BCUT2D eigenvalue weighted by atomic mass is 16.3. The summed E-state index contributed by atoms with van der Waals surface area (Å²) in [6.07, 6.45) is 3.74. The molecule has 0 aromatic heterocycles. The summed E-state index contributed by atoms with van der Waals surface area (Å²) in [5, 5.41) is 20.7. The minimum absolute atomic E-state index is 0.0973. The van der Waals surface area contributed by atoms with Crippen molar-refractivity contribution >= 4 is 34.2 Å². The summed E-state index contributed by atoms with van der Waals surface area (Å²) in [5.74, 6) is -0.346. The SMILES string of the molecule is CC1=C(O)/C(=N\c2ccc(NCCCN(C)C)cc2)C=C(Nc2ccc(NCCC[N+](C)(C)C)cc2)C1=O. The number of carbonyl (C=O) groups excluding carboxylic acids is 1. The van der Waals surface area contributed by atoms with Crippen LogP contribution in [0.2, 0.25) is 0 Å². The van der Waals surface area contributed by atoms with Gasteiger partial charge >= 0.3 is 0 Å². The number of allylic oxidation sites excluding steroid dienone is 2. The Labute approximate surface area is 227 Å². The van der Waals surface area contributed by atoms with Crippen molar-refractivity contribution in [2.45, 2.75) is 19.8 Å². The van der Waals surface area contributed by atoms with Gasteiger partial charge in [-0.15, -0.1) is 0 Å². The number of aliphatic imine (C=N–C) groups is 1. The van der Waals surface area contributed by atoms with Gasteiger partial charge in [0.15, 0.2) is 0 Å². The van der Waals surface area contributed by atoms with Crippen LogP contribution in [0.3, 0.4) is 0 Å². The zero-order valence-electron chi connectivity index (χ0n) is 23.6. The maximum absolute atomic E-state index is 12.8.